The summed E-state index contributed by atoms with van der Waals surface area (Å²) in [5.74, 6) is 1.62. The average molecular weight is 269 g/mol. The van der Waals surface area contributed by atoms with E-state index in [2.05, 4.69) is 32.6 Å². The number of hydrogen-bond acceptors (Lipinski definition) is 3. The van der Waals surface area contributed by atoms with Crippen LogP contribution < -0.4 is 0 Å². The van der Waals surface area contributed by atoms with Gasteiger partial charge in [-0.1, -0.05) is 27.7 Å². The van der Waals surface area contributed by atoms with Crippen LogP contribution in [0.15, 0.2) is 0 Å². The first-order valence-electron chi connectivity index (χ1n) is 7.90. The highest BCUT2D eigenvalue weighted by atomic mass is 16.3. The standard InChI is InChI=1S/C16H31NO2/c1-5-14(6-2)17(7-8-18)11-15-13(4)9-12(3)10-16(15)19/h12-15,18H,5-11H2,1-4H3. The Labute approximate surface area is 118 Å². The van der Waals surface area contributed by atoms with Crippen LogP contribution in [-0.4, -0.2) is 41.5 Å². The molecule has 1 aliphatic carbocycles. The Kier molecular flexibility index (Phi) is 7.01. The smallest absolute Gasteiger partial charge is 0.137 e. The van der Waals surface area contributed by atoms with E-state index in [4.69, 9.17) is 0 Å². The van der Waals surface area contributed by atoms with Crippen LogP contribution in [0.1, 0.15) is 53.4 Å². The van der Waals surface area contributed by atoms with E-state index >= 15 is 0 Å². The summed E-state index contributed by atoms with van der Waals surface area (Å²) >= 11 is 0. The lowest BCUT2D eigenvalue weighted by Crippen LogP contribution is -2.45. The molecule has 3 nitrogen and oxygen atoms in total. The average Bonchev–Trinajstić information content (AvgIpc) is 2.34. The molecule has 0 bridgehead atoms. The van der Waals surface area contributed by atoms with Gasteiger partial charge in [-0.3, -0.25) is 9.69 Å². The minimum Gasteiger partial charge on any atom is -0.395 e. The van der Waals surface area contributed by atoms with E-state index in [1.54, 1.807) is 0 Å². The number of hydrogen-bond donors (Lipinski definition) is 1. The highest BCUT2D eigenvalue weighted by molar-refractivity contribution is 5.82. The molecule has 0 radical (unpaired) electrons. The van der Waals surface area contributed by atoms with Gasteiger partial charge in [-0.2, -0.15) is 0 Å². The molecule has 0 spiro atoms. The Morgan fingerprint density at radius 2 is 1.95 bits per heavy atom. The van der Waals surface area contributed by atoms with Crippen LogP contribution in [0.4, 0.5) is 0 Å². The largest absolute Gasteiger partial charge is 0.395 e. The lowest BCUT2D eigenvalue weighted by molar-refractivity contribution is -0.129. The molecule has 3 unspecified atom stereocenters. The zero-order valence-corrected chi connectivity index (χ0v) is 13.1. The maximum atomic E-state index is 12.3. The summed E-state index contributed by atoms with van der Waals surface area (Å²) in [6.45, 7) is 10.5. The molecule has 0 aliphatic heterocycles. The maximum absolute atomic E-state index is 12.3. The molecule has 0 aromatic rings. The van der Waals surface area contributed by atoms with Crippen molar-refractivity contribution in [3.63, 3.8) is 0 Å². The van der Waals surface area contributed by atoms with E-state index in [1.807, 2.05) is 0 Å². The van der Waals surface area contributed by atoms with E-state index in [9.17, 15) is 9.90 Å². The third kappa shape index (κ3) is 4.57. The molecule has 0 aromatic carbocycles. The molecule has 1 aliphatic rings. The van der Waals surface area contributed by atoms with Crippen LogP contribution in [0.2, 0.25) is 0 Å². The van der Waals surface area contributed by atoms with Crippen LogP contribution >= 0.6 is 0 Å². The first-order chi connectivity index (χ1) is 9.03. The fourth-order valence-corrected chi connectivity index (χ4v) is 3.59. The molecule has 0 saturated heterocycles. The second kappa shape index (κ2) is 8.01. The second-order valence-corrected chi connectivity index (χ2v) is 6.28. The molecule has 0 aromatic heterocycles. The third-order valence-corrected chi connectivity index (χ3v) is 4.70. The Balaban J connectivity index is 2.69. The van der Waals surface area contributed by atoms with E-state index in [-0.39, 0.29) is 12.5 Å². The van der Waals surface area contributed by atoms with E-state index in [1.165, 1.54) is 0 Å². The fourth-order valence-electron chi connectivity index (χ4n) is 3.59. The number of Topliss-reactive ketones (excluding diaryl/α,β-unsaturated/α-hetero) is 1. The predicted molar refractivity (Wildman–Crippen MR) is 79.1 cm³/mol. The maximum Gasteiger partial charge on any atom is 0.137 e. The Hall–Kier alpha value is -0.410. The van der Waals surface area contributed by atoms with Gasteiger partial charge in [0.25, 0.3) is 0 Å². The molecule has 112 valence electrons. The van der Waals surface area contributed by atoms with Crippen LogP contribution in [0.3, 0.4) is 0 Å². The van der Waals surface area contributed by atoms with Gasteiger partial charge in [0.05, 0.1) is 6.61 Å². The number of ketones is 1. The fraction of sp³-hybridized carbons (Fsp3) is 0.938. The van der Waals surface area contributed by atoms with Crippen LogP contribution in [0.25, 0.3) is 0 Å². The van der Waals surface area contributed by atoms with Crippen molar-refractivity contribution < 1.29 is 9.90 Å². The molecule has 0 amide bonds. The zero-order chi connectivity index (χ0) is 14.4. The molecule has 19 heavy (non-hydrogen) atoms. The van der Waals surface area contributed by atoms with Crippen LogP contribution in [-0.2, 0) is 4.79 Å². The van der Waals surface area contributed by atoms with Crippen molar-refractivity contribution in [3.8, 4) is 0 Å². The number of carbonyl (C=O) groups is 1. The molecule has 1 saturated carbocycles. The lowest BCUT2D eigenvalue weighted by atomic mass is 9.74. The van der Waals surface area contributed by atoms with Crippen LogP contribution in [0, 0.1) is 17.8 Å². The van der Waals surface area contributed by atoms with Gasteiger partial charge < -0.3 is 5.11 Å². The first kappa shape index (κ1) is 16.6. The van der Waals surface area contributed by atoms with Crippen LogP contribution in [0.5, 0.6) is 0 Å². The summed E-state index contributed by atoms with van der Waals surface area (Å²) in [7, 11) is 0. The van der Waals surface area contributed by atoms with Crippen molar-refractivity contribution in [1.82, 2.24) is 4.90 Å². The summed E-state index contributed by atoms with van der Waals surface area (Å²) in [5, 5.41) is 9.25. The molecular weight excluding hydrogens is 238 g/mol. The van der Waals surface area contributed by atoms with Crippen molar-refractivity contribution in [2.45, 2.75) is 59.4 Å². The van der Waals surface area contributed by atoms with Gasteiger partial charge in [-0.15, -0.1) is 0 Å². The second-order valence-electron chi connectivity index (χ2n) is 6.28. The Morgan fingerprint density at radius 1 is 1.32 bits per heavy atom. The number of rotatable bonds is 7. The van der Waals surface area contributed by atoms with Gasteiger partial charge >= 0.3 is 0 Å². The summed E-state index contributed by atoms with van der Waals surface area (Å²) in [6, 6.07) is 0.492. The van der Waals surface area contributed by atoms with Crippen molar-refractivity contribution in [3.05, 3.63) is 0 Å². The van der Waals surface area contributed by atoms with Gasteiger partial charge in [0.2, 0.25) is 0 Å². The monoisotopic (exact) mass is 269 g/mol. The number of aliphatic hydroxyl groups excluding tert-OH is 1. The topological polar surface area (TPSA) is 40.5 Å². The van der Waals surface area contributed by atoms with Crippen molar-refractivity contribution in [2.75, 3.05) is 19.7 Å². The molecule has 3 heteroatoms. The Morgan fingerprint density at radius 3 is 2.42 bits per heavy atom. The highest BCUT2D eigenvalue weighted by Gasteiger charge is 2.34. The van der Waals surface area contributed by atoms with Gasteiger partial charge in [-0.05, 0) is 31.1 Å². The SMILES string of the molecule is CCC(CC)N(CCO)CC1C(=O)CC(C)CC1C. The van der Waals surface area contributed by atoms with Gasteiger partial charge in [0.15, 0.2) is 0 Å². The minimum atomic E-state index is 0.170. The number of carbonyl (C=O) groups excluding carboxylic acids is 1. The minimum absolute atomic E-state index is 0.170. The molecule has 1 N–H and O–H groups in total. The summed E-state index contributed by atoms with van der Waals surface area (Å²) in [5.41, 5.74) is 0. The van der Waals surface area contributed by atoms with E-state index in [0.717, 1.165) is 32.2 Å². The third-order valence-electron chi connectivity index (χ3n) is 4.70. The van der Waals surface area contributed by atoms with Gasteiger partial charge in [-0.25, -0.2) is 0 Å². The van der Waals surface area contributed by atoms with Crippen molar-refractivity contribution in [1.29, 1.82) is 0 Å². The van der Waals surface area contributed by atoms with E-state index in [0.29, 0.717) is 30.2 Å². The molecule has 0 heterocycles. The predicted octanol–water partition coefficient (Wildman–Crippen LogP) is 2.72. The molecule has 1 rings (SSSR count). The van der Waals surface area contributed by atoms with Crippen molar-refractivity contribution in [2.24, 2.45) is 17.8 Å². The molecule has 1 fully saturated rings. The molecule has 3 atom stereocenters. The summed E-state index contributed by atoms with van der Waals surface area (Å²) in [6.07, 6.45) is 4.07. The summed E-state index contributed by atoms with van der Waals surface area (Å²) in [4.78, 5) is 14.6. The first-order valence-corrected chi connectivity index (χ1v) is 7.90. The zero-order valence-electron chi connectivity index (χ0n) is 13.1. The van der Waals surface area contributed by atoms with Crippen molar-refractivity contribution >= 4 is 5.78 Å². The Bertz CT molecular complexity index is 276. The van der Waals surface area contributed by atoms with Gasteiger partial charge in [0, 0.05) is 31.5 Å². The summed E-state index contributed by atoms with van der Waals surface area (Å²) < 4.78 is 0. The normalized spacial score (nSPS) is 28.4. The number of nitrogens with zero attached hydrogens (tertiary/aromatic N) is 1. The number of aliphatic hydroxyl groups is 1. The molecular formula is C16H31NO2. The lowest BCUT2D eigenvalue weighted by Gasteiger charge is -2.38. The van der Waals surface area contributed by atoms with Gasteiger partial charge in [0.1, 0.15) is 5.78 Å². The van der Waals surface area contributed by atoms with E-state index < -0.39 is 0 Å². The highest BCUT2D eigenvalue weighted by Crippen LogP contribution is 2.32. The quantitative estimate of drug-likeness (QED) is 0.772.